The maximum Gasteiger partial charge on any atom is 0.238 e. The van der Waals surface area contributed by atoms with Gasteiger partial charge in [-0.2, -0.15) is 0 Å². The summed E-state index contributed by atoms with van der Waals surface area (Å²) < 4.78 is 22.5. The largest absolute Gasteiger partial charge is 0.308 e. The fraction of sp³-hybridized carbons (Fsp3) is 0.231. The normalized spacial score (nSPS) is 11.7. The number of thiophene rings is 1. The van der Waals surface area contributed by atoms with Crippen molar-refractivity contribution in [2.24, 2.45) is 5.14 Å². The van der Waals surface area contributed by atoms with Crippen LogP contribution in [0.25, 0.3) is 0 Å². The molecule has 3 N–H and O–H groups in total. The monoisotopic (exact) mass is 296 g/mol. The molecule has 0 unspecified atom stereocenters. The topological polar surface area (TPSA) is 72.2 Å². The van der Waals surface area contributed by atoms with Crippen molar-refractivity contribution < 1.29 is 8.42 Å². The summed E-state index contributed by atoms with van der Waals surface area (Å²) in [5.41, 5.74) is 0.903. The van der Waals surface area contributed by atoms with Gasteiger partial charge in [0.2, 0.25) is 10.0 Å². The Balaban J connectivity index is 1.96. The summed E-state index contributed by atoms with van der Waals surface area (Å²) in [4.78, 5) is 2.70. The second-order valence-electron chi connectivity index (χ2n) is 4.31. The first kappa shape index (κ1) is 14.2. The number of hydrogen-bond donors (Lipinski definition) is 2. The van der Waals surface area contributed by atoms with Crippen molar-refractivity contribution >= 4 is 21.4 Å². The molecule has 0 atom stereocenters. The second-order valence-corrected chi connectivity index (χ2v) is 7.24. The quantitative estimate of drug-likeness (QED) is 0.886. The van der Waals surface area contributed by atoms with Gasteiger partial charge in [-0.05, 0) is 36.8 Å². The maximum atomic E-state index is 11.2. The molecule has 2 aromatic rings. The van der Waals surface area contributed by atoms with Crippen LogP contribution in [0.2, 0.25) is 0 Å². The van der Waals surface area contributed by atoms with Gasteiger partial charge in [-0.3, -0.25) is 0 Å². The minimum atomic E-state index is -3.62. The number of nitrogens with two attached hydrogens (primary N) is 1. The standard InChI is InChI=1S/C13H16N2O2S2/c1-10-5-6-12(18-10)9-15-8-11-3-2-4-13(7-11)19(14,16)17/h2-7,15H,8-9H2,1H3,(H2,14,16,17). The van der Waals surface area contributed by atoms with Crippen LogP contribution in [-0.4, -0.2) is 8.42 Å². The van der Waals surface area contributed by atoms with Gasteiger partial charge in [-0.1, -0.05) is 12.1 Å². The molecule has 6 heteroatoms. The molecule has 0 saturated carbocycles. The Hall–Kier alpha value is -1.21. The molecule has 1 heterocycles. The lowest BCUT2D eigenvalue weighted by molar-refractivity contribution is 0.597. The van der Waals surface area contributed by atoms with E-state index in [1.165, 1.54) is 15.8 Å². The first-order valence-electron chi connectivity index (χ1n) is 5.83. The average Bonchev–Trinajstić information content (AvgIpc) is 2.74. The maximum absolute atomic E-state index is 11.2. The molecule has 102 valence electrons. The van der Waals surface area contributed by atoms with Crippen LogP contribution in [0.1, 0.15) is 15.3 Å². The van der Waals surface area contributed by atoms with Crippen molar-refractivity contribution in [3.8, 4) is 0 Å². The molecule has 0 aliphatic carbocycles. The van der Waals surface area contributed by atoms with Gasteiger partial charge in [0.05, 0.1) is 4.90 Å². The summed E-state index contributed by atoms with van der Waals surface area (Å²) in [6.07, 6.45) is 0. The summed E-state index contributed by atoms with van der Waals surface area (Å²) >= 11 is 1.75. The number of primary sulfonamides is 1. The molecule has 0 aliphatic rings. The Morgan fingerprint density at radius 3 is 2.63 bits per heavy atom. The zero-order valence-electron chi connectivity index (χ0n) is 10.6. The van der Waals surface area contributed by atoms with Crippen LogP contribution < -0.4 is 10.5 Å². The number of hydrogen-bond acceptors (Lipinski definition) is 4. The molecule has 1 aromatic heterocycles. The van der Waals surface area contributed by atoms with Gasteiger partial charge in [0.25, 0.3) is 0 Å². The highest BCUT2D eigenvalue weighted by molar-refractivity contribution is 7.89. The third-order valence-electron chi connectivity index (χ3n) is 2.65. The smallest absolute Gasteiger partial charge is 0.238 e. The molecule has 0 bridgehead atoms. The molecule has 0 amide bonds. The van der Waals surface area contributed by atoms with Crippen LogP contribution in [-0.2, 0) is 23.1 Å². The van der Waals surface area contributed by atoms with Crippen molar-refractivity contribution in [2.45, 2.75) is 24.9 Å². The van der Waals surface area contributed by atoms with Crippen LogP contribution in [0.3, 0.4) is 0 Å². The van der Waals surface area contributed by atoms with Crippen LogP contribution >= 0.6 is 11.3 Å². The van der Waals surface area contributed by atoms with Crippen LogP contribution in [0.15, 0.2) is 41.3 Å². The highest BCUT2D eigenvalue weighted by atomic mass is 32.2. The van der Waals surface area contributed by atoms with Crippen LogP contribution in [0.4, 0.5) is 0 Å². The van der Waals surface area contributed by atoms with E-state index < -0.39 is 10.0 Å². The number of sulfonamides is 1. The number of nitrogens with one attached hydrogen (secondary N) is 1. The third kappa shape index (κ3) is 4.14. The van der Waals surface area contributed by atoms with E-state index in [4.69, 9.17) is 5.14 Å². The highest BCUT2D eigenvalue weighted by Gasteiger charge is 2.07. The molecule has 0 saturated heterocycles. The predicted molar refractivity (Wildman–Crippen MR) is 77.4 cm³/mol. The van der Waals surface area contributed by atoms with Crippen molar-refractivity contribution in [1.29, 1.82) is 0 Å². The van der Waals surface area contributed by atoms with Gasteiger partial charge in [-0.15, -0.1) is 11.3 Å². The highest BCUT2D eigenvalue weighted by Crippen LogP contribution is 2.15. The van der Waals surface area contributed by atoms with Crippen molar-refractivity contribution in [1.82, 2.24) is 5.32 Å². The zero-order chi connectivity index (χ0) is 13.9. The van der Waals surface area contributed by atoms with Crippen molar-refractivity contribution in [3.63, 3.8) is 0 Å². The molecule has 4 nitrogen and oxygen atoms in total. The van der Waals surface area contributed by atoms with Gasteiger partial charge in [0.15, 0.2) is 0 Å². The molecule has 0 aliphatic heterocycles. The molecule has 19 heavy (non-hydrogen) atoms. The van der Waals surface area contributed by atoms with E-state index in [2.05, 4.69) is 24.4 Å². The van der Waals surface area contributed by atoms with Gasteiger partial charge >= 0.3 is 0 Å². The van der Waals surface area contributed by atoms with E-state index in [-0.39, 0.29) is 4.90 Å². The van der Waals surface area contributed by atoms with Crippen molar-refractivity contribution in [2.75, 3.05) is 0 Å². The predicted octanol–water partition coefficient (Wildman–Crippen LogP) is 1.99. The first-order valence-corrected chi connectivity index (χ1v) is 8.19. The molecular weight excluding hydrogens is 280 g/mol. The van der Waals surface area contributed by atoms with Gasteiger partial charge < -0.3 is 5.32 Å². The van der Waals surface area contributed by atoms with E-state index in [0.717, 1.165) is 12.1 Å². The van der Waals surface area contributed by atoms with Gasteiger partial charge in [-0.25, -0.2) is 13.6 Å². The Labute approximate surface area is 117 Å². The Morgan fingerprint density at radius 2 is 2.00 bits per heavy atom. The van der Waals surface area contributed by atoms with Crippen LogP contribution in [0.5, 0.6) is 0 Å². The molecule has 0 spiro atoms. The summed E-state index contributed by atoms with van der Waals surface area (Å²) in [7, 11) is -3.62. The Morgan fingerprint density at radius 1 is 1.21 bits per heavy atom. The Kier molecular flexibility index (Phi) is 4.36. The fourth-order valence-corrected chi connectivity index (χ4v) is 3.19. The van der Waals surface area contributed by atoms with Gasteiger partial charge in [0.1, 0.15) is 0 Å². The third-order valence-corrected chi connectivity index (χ3v) is 4.56. The average molecular weight is 296 g/mol. The summed E-state index contributed by atoms with van der Waals surface area (Å²) in [5.74, 6) is 0. The molecule has 0 fully saturated rings. The van der Waals surface area contributed by atoms with Crippen molar-refractivity contribution in [3.05, 3.63) is 51.7 Å². The minimum Gasteiger partial charge on any atom is -0.308 e. The molecular formula is C13H16N2O2S2. The van der Waals surface area contributed by atoms with Crippen LogP contribution in [0, 0.1) is 6.92 Å². The lowest BCUT2D eigenvalue weighted by Gasteiger charge is -2.05. The minimum absolute atomic E-state index is 0.152. The SMILES string of the molecule is Cc1ccc(CNCc2cccc(S(N)(=O)=O)c2)s1. The molecule has 1 aromatic carbocycles. The number of aryl methyl sites for hydroxylation is 1. The van der Waals surface area contributed by atoms with E-state index in [0.29, 0.717) is 6.54 Å². The first-order chi connectivity index (χ1) is 8.95. The van der Waals surface area contributed by atoms with E-state index in [1.54, 1.807) is 23.5 Å². The lowest BCUT2D eigenvalue weighted by Crippen LogP contribution is -2.14. The second kappa shape index (κ2) is 5.83. The summed E-state index contributed by atoms with van der Waals surface area (Å²) in [5, 5.41) is 8.39. The zero-order valence-corrected chi connectivity index (χ0v) is 12.2. The number of benzene rings is 1. The fourth-order valence-electron chi connectivity index (χ4n) is 1.74. The van der Waals surface area contributed by atoms with E-state index in [9.17, 15) is 8.42 Å². The summed E-state index contributed by atoms with van der Waals surface area (Å²) in [6, 6.07) is 10.9. The summed E-state index contributed by atoms with van der Waals surface area (Å²) in [6.45, 7) is 3.46. The Bertz CT molecular complexity index is 663. The number of rotatable bonds is 5. The lowest BCUT2D eigenvalue weighted by atomic mass is 10.2. The van der Waals surface area contributed by atoms with Gasteiger partial charge in [0, 0.05) is 22.8 Å². The van der Waals surface area contributed by atoms with E-state index >= 15 is 0 Å². The van der Waals surface area contributed by atoms with E-state index in [1.807, 2.05) is 6.07 Å². The molecule has 2 rings (SSSR count). The molecule has 0 radical (unpaired) electrons.